The monoisotopic (exact) mass is 282 g/mol. The minimum atomic E-state index is 0.0315. The number of nitrogens with zero attached hydrogens (tertiary/aromatic N) is 6. The van der Waals surface area contributed by atoms with Crippen molar-refractivity contribution in [3.63, 3.8) is 0 Å². The number of anilines is 1. The van der Waals surface area contributed by atoms with Crippen LogP contribution >= 0.6 is 11.6 Å². The Morgan fingerprint density at radius 3 is 2.79 bits per heavy atom. The summed E-state index contributed by atoms with van der Waals surface area (Å²) in [5.41, 5.74) is 0. The second-order valence-corrected chi connectivity index (χ2v) is 4.22. The molecule has 0 aliphatic heterocycles. The molecule has 0 aliphatic carbocycles. The van der Waals surface area contributed by atoms with Gasteiger partial charge in [-0.3, -0.25) is 4.57 Å². The van der Waals surface area contributed by atoms with Gasteiger partial charge in [0.2, 0.25) is 17.2 Å². The standard InChI is InChI=1S/C11H15ClN6O/c1-2-4-17(6-7-19)10-14-9(12)15-11(16-10)18-5-3-13-8-18/h3,5,8,19H,2,4,6-7H2,1H3. The van der Waals surface area contributed by atoms with E-state index in [2.05, 4.69) is 19.9 Å². The molecule has 0 fully saturated rings. The number of hydrogen-bond acceptors (Lipinski definition) is 6. The van der Waals surface area contributed by atoms with Crippen LogP contribution in [0.2, 0.25) is 5.28 Å². The van der Waals surface area contributed by atoms with E-state index in [-0.39, 0.29) is 11.9 Å². The quantitative estimate of drug-likeness (QED) is 0.849. The summed E-state index contributed by atoms with van der Waals surface area (Å²) in [6.07, 6.45) is 5.87. The topological polar surface area (TPSA) is 80.0 Å². The Kier molecular flexibility index (Phi) is 4.64. The minimum absolute atomic E-state index is 0.0315. The van der Waals surface area contributed by atoms with Crippen LogP contribution in [-0.4, -0.2) is 49.3 Å². The summed E-state index contributed by atoms with van der Waals surface area (Å²) in [5.74, 6) is 0.867. The van der Waals surface area contributed by atoms with Crippen LogP contribution in [0.1, 0.15) is 13.3 Å². The normalized spacial score (nSPS) is 10.7. The van der Waals surface area contributed by atoms with E-state index in [1.165, 1.54) is 0 Å². The van der Waals surface area contributed by atoms with Gasteiger partial charge in [-0.1, -0.05) is 6.92 Å². The van der Waals surface area contributed by atoms with Crippen molar-refractivity contribution in [2.24, 2.45) is 0 Å². The van der Waals surface area contributed by atoms with E-state index >= 15 is 0 Å². The van der Waals surface area contributed by atoms with Gasteiger partial charge < -0.3 is 10.0 Å². The first-order valence-electron chi connectivity index (χ1n) is 6.00. The SMILES string of the molecule is CCCN(CCO)c1nc(Cl)nc(-n2ccnc2)n1. The molecular weight excluding hydrogens is 268 g/mol. The predicted molar refractivity (Wildman–Crippen MR) is 71.5 cm³/mol. The minimum Gasteiger partial charge on any atom is -0.395 e. The Labute approximate surface area is 115 Å². The summed E-state index contributed by atoms with van der Waals surface area (Å²) >= 11 is 5.93. The van der Waals surface area contributed by atoms with E-state index in [1.807, 2.05) is 11.8 Å². The fourth-order valence-electron chi connectivity index (χ4n) is 1.67. The van der Waals surface area contributed by atoms with Gasteiger partial charge in [-0.05, 0) is 18.0 Å². The molecule has 102 valence electrons. The number of aromatic nitrogens is 5. The van der Waals surface area contributed by atoms with Gasteiger partial charge >= 0.3 is 0 Å². The van der Waals surface area contributed by atoms with Crippen LogP contribution in [-0.2, 0) is 0 Å². The highest BCUT2D eigenvalue weighted by Crippen LogP contribution is 2.13. The van der Waals surface area contributed by atoms with Crippen molar-refractivity contribution in [3.05, 3.63) is 24.0 Å². The molecule has 19 heavy (non-hydrogen) atoms. The number of imidazole rings is 1. The Morgan fingerprint density at radius 1 is 1.32 bits per heavy atom. The molecule has 1 N–H and O–H groups in total. The van der Waals surface area contributed by atoms with Crippen molar-refractivity contribution in [2.75, 3.05) is 24.6 Å². The second-order valence-electron chi connectivity index (χ2n) is 3.89. The maximum absolute atomic E-state index is 9.09. The molecule has 0 atom stereocenters. The van der Waals surface area contributed by atoms with Crippen molar-refractivity contribution in [1.29, 1.82) is 0 Å². The summed E-state index contributed by atoms with van der Waals surface area (Å²) in [4.78, 5) is 18.3. The van der Waals surface area contributed by atoms with Gasteiger partial charge in [0.05, 0.1) is 6.61 Å². The van der Waals surface area contributed by atoms with Crippen molar-refractivity contribution in [3.8, 4) is 5.95 Å². The van der Waals surface area contributed by atoms with E-state index in [0.717, 1.165) is 13.0 Å². The first-order valence-corrected chi connectivity index (χ1v) is 6.38. The Balaban J connectivity index is 2.34. The lowest BCUT2D eigenvalue weighted by Crippen LogP contribution is -2.29. The molecule has 0 amide bonds. The van der Waals surface area contributed by atoms with Gasteiger partial charge in [0.15, 0.2) is 0 Å². The molecule has 7 nitrogen and oxygen atoms in total. The molecule has 8 heteroatoms. The van der Waals surface area contributed by atoms with E-state index < -0.39 is 0 Å². The third kappa shape index (κ3) is 3.39. The lowest BCUT2D eigenvalue weighted by molar-refractivity contribution is 0.301. The highest BCUT2D eigenvalue weighted by atomic mass is 35.5. The summed E-state index contributed by atoms with van der Waals surface area (Å²) < 4.78 is 1.65. The van der Waals surface area contributed by atoms with Crippen LogP contribution in [0.15, 0.2) is 18.7 Å². The smallest absolute Gasteiger partial charge is 0.241 e. The van der Waals surface area contributed by atoms with Crippen molar-refractivity contribution in [1.82, 2.24) is 24.5 Å². The van der Waals surface area contributed by atoms with Crippen molar-refractivity contribution >= 4 is 17.5 Å². The summed E-state index contributed by atoms with van der Waals surface area (Å²) in [7, 11) is 0. The molecular formula is C11H15ClN6O. The first-order chi connectivity index (χ1) is 9.24. The van der Waals surface area contributed by atoms with Crippen molar-refractivity contribution in [2.45, 2.75) is 13.3 Å². The van der Waals surface area contributed by atoms with Crippen molar-refractivity contribution < 1.29 is 5.11 Å². The maximum atomic E-state index is 9.09. The van der Waals surface area contributed by atoms with E-state index in [1.54, 1.807) is 23.3 Å². The van der Waals surface area contributed by atoms with Gasteiger partial charge in [0.25, 0.3) is 0 Å². The largest absolute Gasteiger partial charge is 0.395 e. The van der Waals surface area contributed by atoms with Crippen LogP contribution in [0.25, 0.3) is 5.95 Å². The Morgan fingerprint density at radius 2 is 2.16 bits per heavy atom. The Hall–Kier alpha value is -1.73. The van der Waals surface area contributed by atoms with Gasteiger partial charge in [0, 0.05) is 25.5 Å². The molecule has 2 aromatic rings. The Bertz CT molecular complexity index is 512. The zero-order valence-electron chi connectivity index (χ0n) is 10.6. The molecule has 2 heterocycles. The molecule has 0 spiro atoms. The molecule has 0 aliphatic rings. The van der Waals surface area contributed by atoms with Crippen LogP contribution in [0.3, 0.4) is 0 Å². The number of aliphatic hydroxyl groups is 1. The molecule has 0 aromatic carbocycles. The molecule has 0 saturated carbocycles. The fraction of sp³-hybridized carbons (Fsp3) is 0.455. The predicted octanol–water partition coefficient (Wildman–Crippen LogP) is 0.919. The van der Waals surface area contributed by atoms with E-state index in [0.29, 0.717) is 18.4 Å². The summed E-state index contributed by atoms with van der Waals surface area (Å²) in [5, 5.41) is 9.20. The van der Waals surface area contributed by atoms with Gasteiger partial charge in [-0.25, -0.2) is 4.98 Å². The molecule has 0 bridgehead atoms. The van der Waals surface area contributed by atoms with E-state index in [4.69, 9.17) is 16.7 Å². The highest BCUT2D eigenvalue weighted by molar-refractivity contribution is 6.28. The second kappa shape index (κ2) is 6.44. The number of rotatable bonds is 6. The average molecular weight is 283 g/mol. The third-order valence-electron chi connectivity index (χ3n) is 2.47. The maximum Gasteiger partial charge on any atom is 0.241 e. The van der Waals surface area contributed by atoms with Gasteiger partial charge in [-0.2, -0.15) is 15.0 Å². The number of halogens is 1. The lowest BCUT2D eigenvalue weighted by atomic mass is 10.4. The number of hydrogen-bond donors (Lipinski definition) is 1. The van der Waals surface area contributed by atoms with Crippen LogP contribution in [0.4, 0.5) is 5.95 Å². The average Bonchev–Trinajstić information content (AvgIpc) is 2.91. The molecule has 2 aromatic heterocycles. The van der Waals surface area contributed by atoms with Gasteiger partial charge in [0.1, 0.15) is 6.33 Å². The molecule has 2 rings (SSSR count). The zero-order chi connectivity index (χ0) is 13.7. The van der Waals surface area contributed by atoms with E-state index in [9.17, 15) is 0 Å². The molecule has 0 saturated heterocycles. The summed E-state index contributed by atoms with van der Waals surface area (Å²) in [6.45, 7) is 3.27. The number of aliphatic hydroxyl groups excluding tert-OH is 1. The third-order valence-corrected chi connectivity index (χ3v) is 2.64. The molecule has 0 radical (unpaired) electrons. The first kappa shape index (κ1) is 13.7. The fourth-order valence-corrected chi connectivity index (χ4v) is 1.82. The lowest BCUT2D eigenvalue weighted by Gasteiger charge is -2.21. The molecule has 0 unspecified atom stereocenters. The summed E-state index contributed by atoms with van der Waals surface area (Å²) in [6, 6.07) is 0. The van der Waals surface area contributed by atoms with Crippen LogP contribution < -0.4 is 4.90 Å². The zero-order valence-corrected chi connectivity index (χ0v) is 11.3. The van der Waals surface area contributed by atoms with Crippen LogP contribution in [0, 0.1) is 0 Å². The van der Waals surface area contributed by atoms with Crippen LogP contribution in [0.5, 0.6) is 0 Å². The van der Waals surface area contributed by atoms with Gasteiger partial charge in [-0.15, -0.1) is 0 Å². The highest BCUT2D eigenvalue weighted by Gasteiger charge is 2.12.